The fourth-order valence-corrected chi connectivity index (χ4v) is 2.79. The molecule has 0 spiro atoms. The summed E-state index contributed by atoms with van der Waals surface area (Å²) in [4.78, 5) is 0.602. The molecule has 1 aliphatic carbocycles. The minimum Gasteiger partial charge on any atom is -0.329 e. The van der Waals surface area contributed by atoms with Crippen LogP contribution in [0.15, 0.2) is 12.1 Å². The summed E-state index contributed by atoms with van der Waals surface area (Å²) in [5, 5.41) is 0. The summed E-state index contributed by atoms with van der Waals surface area (Å²) in [7, 11) is 0. The molecule has 0 saturated heterocycles. The lowest BCUT2D eigenvalue weighted by Crippen LogP contribution is -2.25. The van der Waals surface area contributed by atoms with Gasteiger partial charge in [-0.2, -0.15) is 0 Å². The molecule has 0 aromatic carbocycles. The molecule has 1 aliphatic rings. The second kappa shape index (κ2) is 2.65. The molecule has 1 saturated carbocycles. The van der Waals surface area contributed by atoms with Gasteiger partial charge in [0.2, 0.25) is 0 Å². The van der Waals surface area contributed by atoms with Gasteiger partial charge < -0.3 is 5.73 Å². The Labute approximate surface area is 83.5 Å². The predicted molar refractivity (Wildman–Crippen MR) is 49.6 cm³/mol. The van der Waals surface area contributed by atoms with Crippen LogP contribution in [0.4, 0.5) is 8.78 Å². The van der Waals surface area contributed by atoms with Gasteiger partial charge in [-0.1, -0.05) is 11.6 Å². The van der Waals surface area contributed by atoms with Gasteiger partial charge in [0.1, 0.15) is 0 Å². The van der Waals surface area contributed by atoms with Crippen LogP contribution in [0.25, 0.3) is 0 Å². The maximum Gasteiger partial charge on any atom is 0.261 e. The van der Waals surface area contributed by atoms with Crippen LogP contribution in [0.5, 0.6) is 0 Å². The summed E-state index contributed by atoms with van der Waals surface area (Å²) >= 11 is 6.87. The first-order valence-electron chi connectivity index (χ1n) is 3.85. The Hall–Kier alpha value is -0.190. The number of hydrogen-bond donors (Lipinski definition) is 1. The van der Waals surface area contributed by atoms with E-state index in [0.717, 1.165) is 0 Å². The van der Waals surface area contributed by atoms with Crippen LogP contribution in [0.3, 0.4) is 0 Å². The maximum atomic E-state index is 13.0. The number of thiophene rings is 1. The van der Waals surface area contributed by atoms with E-state index >= 15 is 0 Å². The Morgan fingerprint density at radius 1 is 1.54 bits per heavy atom. The molecule has 2 rings (SSSR count). The Kier molecular flexibility index (Phi) is 1.91. The van der Waals surface area contributed by atoms with E-state index < -0.39 is 11.3 Å². The third-order valence-electron chi connectivity index (χ3n) is 2.49. The lowest BCUT2D eigenvalue weighted by molar-refractivity contribution is 0.0904. The van der Waals surface area contributed by atoms with Crippen LogP contribution in [-0.2, 0) is 5.41 Å². The number of nitrogens with two attached hydrogens (primary N) is 1. The second-order valence-electron chi connectivity index (χ2n) is 3.27. The highest BCUT2D eigenvalue weighted by molar-refractivity contribution is 7.16. The van der Waals surface area contributed by atoms with E-state index in [4.69, 9.17) is 17.3 Å². The lowest BCUT2D eigenvalue weighted by atomic mass is 10.1. The van der Waals surface area contributed by atoms with Crippen molar-refractivity contribution >= 4 is 22.9 Å². The maximum absolute atomic E-state index is 13.0. The average molecular weight is 224 g/mol. The summed E-state index contributed by atoms with van der Waals surface area (Å²) < 4.78 is 26.6. The van der Waals surface area contributed by atoms with E-state index in [1.165, 1.54) is 11.3 Å². The zero-order valence-corrected chi connectivity index (χ0v) is 8.26. The van der Waals surface area contributed by atoms with Crippen molar-refractivity contribution in [3.05, 3.63) is 21.3 Å². The lowest BCUT2D eigenvalue weighted by Gasteiger charge is -2.10. The second-order valence-corrected chi connectivity index (χ2v) is 4.99. The normalized spacial score (nSPS) is 30.5. The van der Waals surface area contributed by atoms with Gasteiger partial charge in [0, 0.05) is 17.8 Å². The van der Waals surface area contributed by atoms with Gasteiger partial charge in [0.15, 0.2) is 0 Å². The first-order valence-corrected chi connectivity index (χ1v) is 5.05. The minimum atomic E-state index is -2.64. The molecule has 1 aromatic rings. The third kappa shape index (κ3) is 1.20. The van der Waals surface area contributed by atoms with Gasteiger partial charge in [-0.3, -0.25) is 0 Å². The Morgan fingerprint density at radius 2 is 2.15 bits per heavy atom. The monoisotopic (exact) mass is 223 g/mol. The zero-order valence-electron chi connectivity index (χ0n) is 6.69. The summed E-state index contributed by atoms with van der Waals surface area (Å²) in [6, 6.07) is 3.27. The van der Waals surface area contributed by atoms with Crippen LogP contribution in [-0.4, -0.2) is 12.5 Å². The fourth-order valence-electron chi connectivity index (χ4n) is 1.50. The topological polar surface area (TPSA) is 26.0 Å². The third-order valence-corrected chi connectivity index (χ3v) is 3.93. The highest BCUT2D eigenvalue weighted by Crippen LogP contribution is 2.62. The van der Waals surface area contributed by atoms with Crippen LogP contribution >= 0.6 is 22.9 Å². The molecule has 0 aliphatic heterocycles. The van der Waals surface area contributed by atoms with Crippen molar-refractivity contribution < 1.29 is 8.78 Å². The van der Waals surface area contributed by atoms with Crippen LogP contribution < -0.4 is 5.73 Å². The molecule has 72 valence electrons. The summed E-state index contributed by atoms with van der Waals surface area (Å²) in [6.45, 7) is -0.0170. The van der Waals surface area contributed by atoms with Crippen molar-refractivity contribution in [3.8, 4) is 0 Å². The van der Waals surface area contributed by atoms with Crippen LogP contribution in [0, 0.1) is 0 Å². The van der Waals surface area contributed by atoms with Crippen molar-refractivity contribution in [1.29, 1.82) is 0 Å². The molecule has 0 bridgehead atoms. The molecule has 0 amide bonds. The highest BCUT2D eigenvalue weighted by atomic mass is 35.5. The number of halogens is 3. The highest BCUT2D eigenvalue weighted by Gasteiger charge is 2.71. The van der Waals surface area contributed by atoms with Gasteiger partial charge in [0.25, 0.3) is 5.92 Å². The minimum absolute atomic E-state index is 0.0170. The van der Waals surface area contributed by atoms with Crippen molar-refractivity contribution in [2.24, 2.45) is 5.73 Å². The number of alkyl halides is 2. The molecular formula is C8H8ClF2NS. The predicted octanol–water partition coefficient (Wildman–Crippen LogP) is 2.64. The smallest absolute Gasteiger partial charge is 0.261 e. The molecule has 1 nitrogen and oxygen atoms in total. The van der Waals surface area contributed by atoms with E-state index in [9.17, 15) is 8.78 Å². The van der Waals surface area contributed by atoms with E-state index in [1.807, 2.05) is 0 Å². The molecule has 1 fully saturated rings. The van der Waals surface area contributed by atoms with Gasteiger partial charge >= 0.3 is 0 Å². The van der Waals surface area contributed by atoms with Gasteiger partial charge in [0.05, 0.1) is 9.75 Å². The van der Waals surface area contributed by atoms with E-state index in [1.54, 1.807) is 12.1 Å². The Bertz CT molecular complexity index is 339. The van der Waals surface area contributed by atoms with Crippen molar-refractivity contribution in [1.82, 2.24) is 0 Å². The molecular weight excluding hydrogens is 216 g/mol. The van der Waals surface area contributed by atoms with E-state index in [0.29, 0.717) is 9.21 Å². The Morgan fingerprint density at radius 3 is 2.46 bits per heavy atom. The average Bonchev–Trinajstić information content (AvgIpc) is 2.43. The fraction of sp³-hybridized carbons (Fsp3) is 0.500. The quantitative estimate of drug-likeness (QED) is 0.820. The van der Waals surface area contributed by atoms with Crippen molar-refractivity contribution in [2.45, 2.75) is 17.8 Å². The van der Waals surface area contributed by atoms with Crippen LogP contribution in [0.2, 0.25) is 4.34 Å². The summed E-state index contributed by atoms with van der Waals surface area (Å²) in [5.41, 5.74) is 4.25. The van der Waals surface area contributed by atoms with Crippen molar-refractivity contribution in [2.75, 3.05) is 6.54 Å². The number of hydrogen-bond acceptors (Lipinski definition) is 2. The first-order chi connectivity index (χ1) is 6.02. The molecule has 1 aromatic heterocycles. The molecule has 0 radical (unpaired) electrons. The molecule has 1 unspecified atom stereocenters. The van der Waals surface area contributed by atoms with Gasteiger partial charge in [-0.05, 0) is 12.1 Å². The first kappa shape index (κ1) is 9.37. The summed E-state index contributed by atoms with van der Waals surface area (Å²) in [5.74, 6) is -2.64. The summed E-state index contributed by atoms with van der Waals surface area (Å²) in [6.07, 6.45) is -0.145. The van der Waals surface area contributed by atoms with Crippen LogP contribution in [0.1, 0.15) is 11.3 Å². The Balaban J connectivity index is 2.35. The largest absolute Gasteiger partial charge is 0.329 e. The van der Waals surface area contributed by atoms with E-state index in [2.05, 4.69) is 0 Å². The standard InChI is InChI=1S/C8H8ClF2NS/c9-6-2-1-5(13-6)7(4-12)3-8(7,10)11/h1-2H,3-4,12H2. The molecule has 5 heteroatoms. The SMILES string of the molecule is NCC1(c2ccc(Cl)s2)CC1(F)F. The zero-order chi connectivity index (χ0) is 9.69. The van der Waals surface area contributed by atoms with Crippen molar-refractivity contribution in [3.63, 3.8) is 0 Å². The molecule has 2 N–H and O–H groups in total. The molecule has 1 atom stereocenters. The van der Waals surface area contributed by atoms with Gasteiger partial charge in [-0.15, -0.1) is 11.3 Å². The van der Waals surface area contributed by atoms with Gasteiger partial charge in [-0.25, -0.2) is 8.78 Å². The number of rotatable bonds is 2. The molecule has 1 heterocycles. The molecule has 13 heavy (non-hydrogen) atoms. The van der Waals surface area contributed by atoms with E-state index in [-0.39, 0.29) is 13.0 Å².